The second kappa shape index (κ2) is 9.72. The lowest BCUT2D eigenvalue weighted by Crippen LogP contribution is -2.51. The average molecular weight is 431 g/mol. The number of benzene rings is 1. The van der Waals surface area contributed by atoms with Crippen molar-refractivity contribution in [2.24, 2.45) is 5.92 Å². The Morgan fingerprint density at radius 3 is 2.68 bits per heavy atom. The number of aromatic amines is 1. The summed E-state index contributed by atoms with van der Waals surface area (Å²) in [5.74, 6) is 1.00. The minimum absolute atomic E-state index is 0.206. The van der Waals surface area contributed by atoms with E-state index in [0.717, 1.165) is 17.0 Å². The minimum Gasteiger partial charge on any atom is -0.497 e. The van der Waals surface area contributed by atoms with Crippen LogP contribution in [0.5, 0.6) is 11.5 Å². The molecule has 3 rings (SSSR count). The first-order valence-electron chi connectivity index (χ1n) is 10.3. The number of aromatic nitrogens is 2. The van der Waals surface area contributed by atoms with Gasteiger partial charge in [-0.3, -0.25) is 0 Å². The van der Waals surface area contributed by atoms with E-state index in [1.807, 2.05) is 19.9 Å². The molecule has 0 bridgehead atoms. The lowest BCUT2D eigenvalue weighted by molar-refractivity contribution is -0.143. The maximum absolute atomic E-state index is 13.4. The molecule has 1 aromatic carbocycles. The van der Waals surface area contributed by atoms with Crippen molar-refractivity contribution in [3.05, 3.63) is 41.5 Å². The first kappa shape index (κ1) is 22.5. The first-order chi connectivity index (χ1) is 14.9. The van der Waals surface area contributed by atoms with Gasteiger partial charge in [0.25, 0.3) is 0 Å². The number of fused-ring (bicyclic) bond motifs is 1. The third kappa shape index (κ3) is 4.76. The molecular formula is C22H30N4O5. The number of hydrogen-bond acceptors (Lipinski definition) is 6. The highest BCUT2D eigenvalue weighted by Gasteiger charge is 2.37. The Balaban J connectivity index is 1.99. The van der Waals surface area contributed by atoms with Crippen molar-refractivity contribution in [1.82, 2.24) is 20.2 Å². The van der Waals surface area contributed by atoms with Crippen LogP contribution in [0.4, 0.5) is 4.79 Å². The number of nitrogens with one attached hydrogen (secondary N) is 2. The number of ether oxygens (including phenoxy) is 3. The molecular weight excluding hydrogens is 400 g/mol. The van der Waals surface area contributed by atoms with Crippen LogP contribution in [-0.2, 0) is 16.0 Å². The summed E-state index contributed by atoms with van der Waals surface area (Å²) in [5.41, 5.74) is 2.46. The van der Waals surface area contributed by atoms with Crippen LogP contribution in [0.25, 0.3) is 0 Å². The molecule has 0 saturated heterocycles. The van der Waals surface area contributed by atoms with Crippen molar-refractivity contribution in [3.63, 3.8) is 0 Å². The van der Waals surface area contributed by atoms with Gasteiger partial charge in [-0.1, -0.05) is 13.8 Å². The SMILES string of the molecule is COC(=O)[C@H](CC(C)C)NC(=O)N1CCc2[nH]cnc2C1c1cc(OC)ccc1OC. The first-order valence-corrected chi connectivity index (χ1v) is 10.3. The van der Waals surface area contributed by atoms with E-state index in [1.165, 1.54) is 7.11 Å². The maximum atomic E-state index is 13.4. The minimum atomic E-state index is -0.731. The summed E-state index contributed by atoms with van der Waals surface area (Å²) >= 11 is 0. The van der Waals surface area contributed by atoms with Crippen LogP contribution < -0.4 is 14.8 Å². The lowest BCUT2D eigenvalue weighted by atomic mass is 9.94. The zero-order valence-corrected chi connectivity index (χ0v) is 18.6. The summed E-state index contributed by atoms with van der Waals surface area (Å²) in [6.07, 6.45) is 2.73. The molecule has 31 heavy (non-hydrogen) atoms. The molecule has 2 heterocycles. The van der Waals surface area contributed by atoms with Crippen molar-refractivity contribution in [1.29, 1.82) is 0 Å². The molecule has 2 N–H and O–H groups in total. The fraction of sp³-hybridized carbons (Fsp3) is 0.500. The number of imidazole rings is 1. The van der Waals surface area contributed by atoms with Gasteiger partial charge in [0.2, 0.25) is 0 Å². The van der Waals surface area contributed by atoms with E-state index < -0.39 is 18.1 Å². The Morgan fingerprint density at radius 2 is 2.03 bits per heavy atom. The summed E-state index contributed by atoms with van der Waals surface area (Å²) in [7, 11) is 4.49. The van der Waals surface area contributed by atoms with Crippen molar-refractivity contribution >= 4 is 12.0 Å². The van der Waals surface area contributed by atoms with Gasteiger partial charge in [-0.25, -0.2) is 14.6 Å². The molecule has 1 unspecified atom stereocenters. The van der Waals surface area contributed by atoms with Crippen LogP contribution in [0.3, 0.4) is 0 Å². The van der Waals surface area contributed by atoms with Crippen LogP contribution >= 0.6 is 0 Å². The van der Waals surface area contributed by atoms with Crippen LogP contribution in [0.1, 0.15) is 43.3 Å². The van der Waals surface area contributed by atoms with Gasteiger partial charge in [0, 0.05) is 24.2 Å². The Kier molecular flexibility index (Phi) is 7.04. The number of hydrogen-bond donors (Lipinski definition) is 2. The van der Waals surface area contributed by atoms with Gasteiger partial charge in [0.1, 0.15) is 23.6 Å². The van der Waals surface area contributed by atoms with E-state index in [0.29, 0.717) is 30.9 Å². The number of urea groups is 1. The highest BCUT2D eigenvalue weighted by molar-refractivity contribution is 5.84. The second-order valence-corrected chi connectivity index (χ2v) is 7.87. The Hall–Kier alpha value is -3.23. The molecule has 1 aliphatic heterocycles. The summed E-state index contributed by atoms with van der Waals surface area (Å²) in [5, 5.41) is 2.86. The van der Waals surface area contributed by atoms with E-state index >= 15 is 0 Å². The molecule has 0 radical (unpaired) electrons. The molecule has 2 aromatic rings. The predicted molar refractivity (Wildman–Crippen MR) is 114 cm³/mol. The molecule has 1 aliphatic rings. The van der Waals surface area contributed by atoms with Gasteiger partial charge in [-0.2, -0.15) is 0 Å². The highest BCUT2D eigenvalue weighted by Crippen LogP contribution is 2.39. The topological polar surface area (TPSA) is 106 Å². The molecule has 2 amide bonds. The largest absolute Gasteiger partial charge is 0.497 e. The molecule has 0 aliphatic carbocycles. The number of amides is 2. The monoisotopic (exact) mass is 430 g/mol. The second-order valence-electron chi connectivity index (χ2n) is 7.87. The van der Waals surface area contributed by atoms with Crippen LogP contribution in [0.2, 0.25) is 0 Å². The summed E-state index contributed by atoms with van der Waals surface area (Å²) in [6.45, 7) is 4.42. The van der Waals surface area contributed by atoms with Crippen LogP contribution in [0.15, 0.2) is 24.5 Å². The third-order valence-corrected chi connectivity index (χ3v) is 5.41. The number of H-pyrrole nitrogens is 1. The van der Waals surface area contributed by atoms with Crippen molar-refractivity contribution in [2.75, 3.05) is 27.9 Å². The molecule has 0 fully saturated rings. The Labute approximate surface area is 182 Å². The molecule has 2 atom stereocenters. The van der Waals surface area contributed by atoms with E-state index in [2.05, 4.69) is 15.3 Å². The molecule has 168 valence electrons. The van der Waals surface area contributed by atoms with Crippen LogP contribution in [-0.4, -0.2) is 60.8 Å². The van der Waals surface area contributed by atoms with E-state index in [4.69, 9.17) is 14.2 Å². The average Bonchev–Trinajstić information content (AvgIpc) is 3.25. The molecule has 0 spiro atoms. The number of esters is 1. The third-order valence-electron chi connectivity index (χ3n) is 5.41. The van der Waals surface area contributed by atoms with Gasteiger partial charge in [-0.15, -0.1) is 0 Å². The zero-order valence-electron chi connectivity index (χ0n) is 18.6. The lowest BCUT2D eigenvalue weighted by Gasteiger charge is -2.36. The van der Waals surface area contributed by atoms with Crippen LogP contribution in [0, 0.1) is 5.92 Å². The number of rotatable bonds is 7. The smallest absolute Gasteiger partial charge is 0.328 e. The Morgan fingerprint density at radius 1 is 1.26 bits per heavy atom. The quantitative estimate of drug-likeness (QED) is 0.654. The highest BCUT2D eigenvalue weighted by atomic mass is 16.5. The molecule has 9 nitrogen and oxygen atoms in total. The summed E-state index contributed by atoms with van der Waals surface area (Å²) in [4.78, 5) is 35.0. The van der Waals surface area contributed by atoms with Gasteiger partial charge in [0.05, 0.1) is 33.4 Å². The normalized spacial score (nSPS) is 16.5. The number of carbonyl (C=O) groups excluding carboxylic acids is 2. The van der Waals surface area contributed by atoms with Gasteiger partial charge < -0.3 is 29.4 Å². The fourth-order valence-electron chi connectivity index (χ4n) is 3.92. The van der Waals surface area contributed by atoms with Gasteiger partial charge >= 0.3 is 12.0 Å². The van der Waals surface area contributed by atoms with Crippen molar-refractivity contribution < 1.29 is 23.8 Å². The van der Waals surface area contributed by atoms with E-state index in [-0.39, 0.29) is 11.9 Å². The Bertz CT molecular complexity index is 926. The predicted octanol–water partition coefficient (Wildman–Crippen LogP) is 2.67. The number of carbonyl (C=O) groups is 2. The zero-order chi connectivity index (χ0) is 22.5. The maximum Gasteiger partial charge on any atom is 0.328 e. The number of methoxy groups -OCH3 is 3. The fourth-order valence-corrected chi connectivity index (χ4v) is 3.92. The van der Waals surface area contributed by atoms with E-state index in [9.17, 15) is 9.59 Å². The number of nitrogens with zero attached hydrogens (tertiary/aromatic N) is 2. The van der Waals surface area contributed by atoms with Crippen molar-refractivity contribution in [3.8, 4) is 11.5 Å². The molecule has 9 heteroatoms. The molecule has 1 aromatic heterocycles. The van der Waals surface area contributed by atoms with E-state index in [1.54, 1.807) is 37.6 Å². The van der Waals surface area contributed by atoms with Crippen molar-refractivity contribution in [2.45, 2.75) is 38.8 Å². The molecule has 0 saturated carbocycles. The summed E-state index contributed by atoms with van der Waals surface area (Å²) in [6, 6.07) is 3.86. The summed E-state index contributed by atoms with van der Waals surface area (Å²) < 4.78 is 15.9. The van der Waals surface area contributed by atoms with Gasteiger partial charge in [-0.05, 0) is 30.5 Å². The van der Waals surface area contributed by atoms with Gasteiger partial charge in [0.15, 0.2) is 0 Å². The standard InChI is InChI=1S/C22H30N4O5/c1-13(2)10-17(21(27)31-5)25-22(28)26-9-8-16-19(24-12-23-16)20(26)15-11-14(29-3)6-7-18(15)30-4/h6-7,11-13,17,20H,8-10H2,1-5H3,(H,23,24)(H,25,28)/t17-,20?/m0/s1.